The molecule has 4 nitrogen and oxygen atoms in total. The van der Waals surface area contributed by atoms with E-state index in [4.69, 9.17) is 15.0 Å². The van der Waals surface area contributed by atoms with Gasteiger partial charge in [-0.15, -0.1) is 0 Å². The van der Waals surface area contributed by atoms with Crippen molar-refractivity contribution in [3.63, 3.8) is 0 Å². The van der Waals surface area contributed by atoms with Crippen molar-refractivity contribution < 1.29 is 0 Å². The van der Waals surface area contributed by atoms with Crippen LogP contribution in [0.5, 0.6) is 0 Å². The largest absolute Gasteiger partial charge is 0.309 e. The van der Waals surface area contributed by atoms with Crippen molar-refractivity contribution in [1.82, 2.24) is 19.5 Å². The minimum absolute atomic E-state index is 0.613. The van der Waals surface area contributed by atoms with Gasteiger partial charge in [0.25, 0.3) is 0 Å². The Morgan fingerprint density at radius 3 is 1.44 bits per heavy atom. The summed E-state index contributed by atoms with van der Waals surface area (Å²) in [6.07, 6.45) is 0. The summed E-state index contributed by atoms with van der Waals surface area (Å²) in [6.45, 7) is 0. The molecule has 0 saturated carbocycles. The zero-order valence-corrected chi connectivity index (χ0v) is 34.2. The maximum Gasteiger partial charge on any atom is 0.164 e. The molecule has 0 aliphatic carbocycles. The van der Waals surface area contributed by atoms with Crippen molar-refractivity contribution in [3.8, 4) is 73.2 Å². The molecule has 0 aliphatic heterocycles. The van der Waals surface area contributed by atoms with Crippen molar-refractivity contribution >= 4 is 43.4 Å². The van der Waals surface area contributed by atoms with E-state index in [9.17, 15) is 0 Å². The van der Waals surface area contributed by atoms with Crippen LogP contribution in [-0.2, 0) is 0 Å². The maximum atomic E-state index is 5.30. The van der Waals surface area contributed by atoms with Gasteiger partial charge in [0.2, 0.25) is 0 Å². The van der Waals surface area contributed by atoms with Crippen LogP contribution in [0, 0.1) is 0 Å². The highest BCUT2D eigenvalue weighted by Gasteiger charge is 2.19. The molecule has 0 unspecified atom stereocenters. The molecule has 10 aromatic carbocycles. The molecule has 2 heterocycles. The smallest absolute Gasteiger partial charge is 0.164 e. The number of hydrogen-bond donors (Lipinski definition) is 0. The molecule has 0 aliphatic rings. The summed E-state index contributed by atoms with van der Waals surface area (Å²) in [6, 6.07) is 81.9. The van der Waals surface area contributed by atoms with Gasteiger partial charge in [-0.2, -0.15) is 0 Å². The Labute approximate surface area is 365 Å². The van der Waals surface area contributed by atoms with Crippen molar-refractivity contribution in [3.05, 3.63) is 231 Å². The number of nitrogens with zero attached hydrogens (tertiary/aromatic N) is 4. The van der Waals surface area contributed by atoms with Gasteiger partial charge in [0.05, 0.1) is 16.7 Å². The van der Waals surface area contributed by atoms with Crippen LogP contribution >= 0.6 is 0 Å². The summed E-state index contributed by atoms with van der Waals surface area (Å²) in [4.78, 5) is 15.7. The summed E-state index contributed by atoms with van der Waals surface area (Å²) < 4.78 is 2.41. The van der Waals surface area contributed by atoms with Crippen molar-refractivity contribution in [2.75, 3.05) is 0 Å². The van der Waals surface area contributed by atoms with E-state index in [2.05, 4.69) is 217 Å². The second-order valence-corrected chi connectivity index (χ2v) is 16.0. The van der Waals surface area contributed by atoms with Gasteiger partial charge in [-0.1, -0.05) is 194 Å². The van der Waals surface area contributed by atoms with E-state index < -0.39 is 0 Å². The molecule has 0 N–H and O–H groups in total. The number of hydrogen-bond acceptors (Lipinski definition) is 3. The predicted molar refractivity (Wildman–Crippen MR) is 262 cm³/mol. The van der Waals surface area contributed by atoms with E-state index in [1.807, 2.05) is 18.2 Å². The maximum absolute atomic E-state index is 5.30. The summed E-state index contributed by atoms with van der Waals surface area (Å²) in [5.41, 5.74) is 13.2. The number of aromatic nitrogens is 4. The van der Waals surface area contributed by atoms with Crippen LogP contribution in [-0.4, -0.2) is 19.5 Å². The van der Waals surface area contributed by atoms with Gasteiger partial charge < -0.3 is 4.57 Å². The number of para-hydroxylation sites is 2. The average Bonchev–Trinajstić information content (AvgIpc) is 3.70. The molecule has 2 aromatic heterocycles. The van der Waals surface area contributed by atoms with Crippen LogP contribution in [0.25, 0.3) is 117 Å². The highest BCUT2D eigenvalue weighted by molar-refractivity contribution is 6.12. The Balaban J connectivity index is 1.09. The van der Waals surface area contributed by atoms with Crippen molar-refractivity contribution in [2.45, 2.75) is 0 Å². The highest BCUT2D eigenvalue weighted by Crippen LogP contribution is 2.41. The van der Waals surface area contributed by atoms with E-state index in [1.54, 1.807) is 0 Å². The number of benzene rings is 10. The summed E-state index contributed by atoms with van der Waals surface area (Å²) in [5, 5.41) is 6.99. The van der Waals surface area contributed by atoms with E-state index in [-0.39, 0.29) is 0 Å². The molecule has 12 aromatic rings. The molecule has 0 spiro atoms. The Bertz CT molecular complexity index is 3620. The lowest BCUT2D eigenvalue weighted by Crippen LogP contribution is -2.01. The van der Waals surface area contributed by atoms with Crippen molar-refractivity contribution in [1.29, 1.82) is 0 Å². The van der Waals surface area contributed by atoms with Crippen LogP contribution < -0.4 is 0 Å². The molecule has 4 heteroatoms. The molecule has 12 rings (SSSR count). The topological polar surface area (TPSA) is 43.6 Å². The Kier molecular flexibility index (Phi) is 8.79. The number of fused-ring (bicyclic) bond motifs is 5. The van der Waals surface area contributed by atoms with Crippen LogP contribution in [0.3, 0.4) is 0 Å². The predicted octanol–water partition coefficient (Wildman–Crippen LogP) is 15.3. The van der Waals surface area contributed by atoms with Crippen LogP contribution in [0.2, 0.25) is 0 Å². The van der Waals surface area contributed by atoms with Crippen LogP contribution in [0.1, 0.15) is 0 Å². The molecular weight excluding hydrogens is 765 g/mol. The van der Waals surface area contributed by atoms with Crippen LogP contribution in [0.4, 0.5) is 0 Å². The van der Waals surface area contributed by atoms with Gasteiger partial charge in [0.1, 0.15) is 0 Å². The van der Waals surface area contributed by atoms with Gasteiger partial charge in [0, 0.05) is 32.8 Å². The molecule has 0 amide bonds. The first kappa shape index (κ1) is 36.4. The van der Waals surface area contributed by atoms with E-state index in [1.165, 1.54) is 33.0 Å². The van der Waals surface area contributed by atoms with Gasteiger partial charge in [-0.05, 0) is 85.9 Å². The second kappa shape index (κ2) is 15.2. The SMILES string of the molecule is c1ccc(-c2cccc(-c3ccc(-n4c5ccccc5c5ccccc54)c4cc(-c5nc(-c6ccccc6)nc(-c6ccc7cccc(-c8ccccc8)c7c6)n5)ccc34)c2)cc1. The molecule has 0 fully saturated rings. The third-order valence-electron chi connectivity index (χ3n) is 12.2. The zero-order valence-electron chi connectivity index (χ0n) is 34.2. The molecule has 63 heavy (non-hydrogen) atoms. The third-order valence-corrected chi connectivity index (χ3v) is 12.2. The van der Waals surface area contributed by atoms with Gasteiger partial charge >= 0.3 is 0 Å². The summed E-state index contributed by atoms with van der Waals surface area (Å²) in [7, 11) is 0. The lowest BCUT2D eigenvalue weighted by atomic mass is 9.93. The second-order valence-electron chi connectivity index (χ2n) is 16.0. The van der Waals surface area contributed by atoms with Crippen LogP contribution in [0.15, 0.2) is 231 Å². The molecule has 0 radical (unpaired) electrons. The third kappa shape index (κ3) is 6.44. The van der Waals surface area contributed by atoms with E-state index >= 15 is 0 Å². The number of rotatable bonds is 7. The van der Waals surface area contributed by atoms with E-state index in [0.29, 0.717) is 17.5 Å². The molecule has 0 atom stereocenters. The minimum atomic E-state index is 0.613. The zero-order chi connectivity index (χ0) is 41.7. The Morgan fingerprint density at radius 2 is 0.762 bits per heavy atom. The van der Waals surface area contributed by atoms with Crippen molar-refractivity contribution in [2.24, 2.45) is 0 Å². The fourth-order valence-electron chi connectivity index (χ4n) is 9.23. The van der Waals surface area contributed by atoms with Gasteiger partial charge in [-0.3, -0.25) is 0 Å². The normalized spacial score (nSPS) is 11.5. The molecule has 0 bridgehead atoms. The standard InChI is InChI=1S/C59H38N4/c1-4-16-39(17-5-1)43-23-14-24-44(36-43)48-34-35-56(63-54-28-12-10-25-50(54)51-26-11-13-29-55(51)63)53-38-46(32-33-49(48)53)59-61-57(42-20-8-3-9-21-42)60-58(62-59)45-31-30-41-22-15-27-47(52(41)37-45)40-18-6-2-7-19-40/h1-38H. The first-order valence-electron chi connectivity index (χ1n) is 21.4. The van der Waals surface area contributed by atoms with E-state index in [0.717, 1.165) is 66.1 Å². The fraction of sp³-hybridized carbons (Fsp3) is 0. The first-order chi connectivity index (χ1) is 31.2. The molecular formula is C59H38N4. The lowest BCUT2D eigenvalue weighted by molar-refractivity contribution is 1.07. The highest BCUT2D eigenvalue weighted by atomic mass is 15.0. The lowest BCUT2D eigenvalue weighted by Gasteiger charge is -2.17. The monoisotopic (exact) mass is 802 g/mol. The fourth-order valence-corrected chi connectivity index (χ4v) is 9.23. The Morgan fingerprint density at radius 1 is 0.254 bits per heavy atom. The molecule has 0 saturated heterocycles. The minimum Gasteiger partial charge on any atom is -0.309 e. The summed E-state index contributed by atoms with van der Waals surface area (Å²) in [5.74, 6) is 1.86. The van der Waals surface area contributed by atoms with Gasteiger partial charge in [-0.25, -0.2) is 15.0 Å². The quantitative estimate of drug-likeness (QED) is 0.161. The summed E-state index contributed by atoms with van der Waals surface area (Å²) >= 11 is 0. The molecule has 294 valence electrons. The van der Waals surface area contributed by atoms with Gasteiger partial charge in [0.15, 0.2) is 17.5 Å². The average molecular weight is 803 g/mol. The first-order valence-corrected chi connectivity index (χ1v) is 21.4. The Hall–Kier alpha value is -8.47.